The number of fused-ring (bicyclic) bond motifs is 1. The van der Waals surface area contributed by atoms with E-state index in [2.05, 4.69) is 4.98 Å². The van der Waals surface area contributed by atoms with Gasteiger partial charge in [-0.1, -0.05) is 13.8 Å². The van der Waals surface area contributed by atoms with Crippen LogP contribution in [0.25, 0.3) is 11.0 Å². The maximum atomic E-state index is 14.0. The Bertz CT molecular complexity index is 750. The molecule has 2 aromatic rings. The number of carboxylic acid groups (broad SMARTS) is 1. The van der Waals surface area contributed by atoms with Gasteiger partial charge in [0.05, 0.1) is 11.1 Å². The Morgan fingerprint density at radius 1 is 1.50 bits per heavy atom. The van der Waals surface area contributed by atoms with Gasteiger partial charge >= 0.3 is 5.97 Å². The van der Waals surface area contributed by atoms with Crippen molar-refractivity contribution in [1.29, 1.82) is 0 Å². The molecule has 0 spiro atoms. The molecule has 0 unspecified atom stereocenters. The van der Waals surface area contributed by atoms with Gasteiger partial charge in [-0.2, -0.15) is 0 Å². The van der Waals surface area contributed by atoms with Gasteiger partial charge in [-0.15, -0.1) is 0 Å². The van der Waals surface area contributed by atoms with Crippen molar-refractivity contribution in [3.63, 3.8) is 0 Å². The van der Waals surface area contributed by atoms with E-state index < -0.39 is 17.2 Å². The number of hydrogen-bond acceptors (Lipinski definition) is 3. The summed E-state index contributed by atoms with van der Waals surface area (Å²) in [4.78, 5) is 27.3. The molecule has 2 rings (SSSR count). The number of pyridine rings is 2. The highest BCUT2D eigenvalue weighted by atomic mass is 19.1. The van der Waals surface area contributed by atoms with Gasteiger partial charge < -0.3 is 9.67 Å². The van der Waals surface area contributed by atoms with Crippen LogP contribution in [0.15, 0.2) is 17.1 Å². The first-order valence-corrected chi connectivity index (χ1v) is 6.33. The van der Waals surface area contributed by atoms with Crippen molar-refractivity contribution >= 4 is 17.0 Å². The Balaban J connectivity index is 2.94. The van der Waals surface area contributed by atoms with Crippen LogP contribution in [0.5, 0.6) is 0 Å². The number of hydrogen-bond donors (Lipinski definition) is 1. The van der Waals surface area contributed by atoms with Crippen LogP contribution >= 0.6 is 0 Å². The second-order valence-corrected chi connectivity index (χ2v) is 4.84. The summed E-state index contributed by atoms with van der Waals surface area (Å²) in [7, 11) is 0. The average molecular weight is 278 g/mol. The Hall–Kier alpha value is -2.24. The molecule has 0 aliphatic heterocycles. The molecule has 6 heteroatoms. The summed E-state index contributed by atoms with van der Waals surface area (Å²) in [5.74, 6) is -2.04. The van der Waals surface area contributed by atoms with Crippen molar-refractivity contribution in [2.45, 2.75) is 33.2 Å². The number of aryl methyl sites for hydroxylation is 1. The van der Waals surface area contributed by atoms with E-state index in [1.54, 1.807) is 25.3 Å². The van der Waals surface area contributed by atoms with Gasteiger partial charge in [0.1, 0.15) is 17.0 Å². The smallest absolute Gasteiger partial charge is 0.341 e. The molecule has 0 aliphatic carbocycles. The molecule has 20 heavy (non-hydrogen) atoms. The van der Waals surface area contributed by atoms with Gasteiger partial charge in [0, 0.05) is 12.7 Å². The van der Waals surface area contributed by atoms with Crippen molar-refractivity contribution < 1.29 is 14.3 Å². The van der Waals surface area contributed by atoms with E-state index in [-0.39, 0.29) is 22.6 Å². The quantitative estimate of drug-likeness (QED) is 0.935. The Morgan fingerprint density at radius 2 is 2.15 bits per heavy atom. The first-order valence-electron chi connectivity index (χ1n) is 6.33. The third kappa shape index (κ3) is 2.17. The van der Waals surface area contributed by atoms with Crippen molar-refractivity contribution in [3.8, 4) is 0 Å². The van der Waals surface area contributed by atoms with Crippen LogP contribution in [0, 0.1) is 5.82 Å². The van der Waals surface area contributed by atoms with E-state index in [9.17, 15) is 14.0 Å². The molecule has 0 atom stereocenters. The van der Waals surface area contributed by atoms with Crippen LogP contribution in [-0.4, -0.2) is 20.6 Å². The van der Waals surface area contributed by atoms with E-state index in [1.807, 2.05) is 0 Å². The number of carboxylic acids is 1. The van der Waals surface area contributed by atoms with E-state index in [0.29, 0.717) is 12.2 Å². The summed E-state index contributed by atoms with van der Waals surface area (Å²) < 4.78 is 15.5. The molecule has 2 aromatic heterocycles. The summed E-state index contributed by atoms with van der Waals surface area (Å²) in [6.07, 6.45) is 1.25. The van der Waals surface area contributed by atoms with Crippen molar-refractivity contribution in [2.75, 3.05) is 0 Å². The number of rotatable bonds is 3. The molecule has 0 saturated carbocycles. The van der Waals surface area contributed by atoms with Gasteiger partial charge in [-0.05, 0) is 18.9 Å². The van der Waals surface area contributed by atoms with Gasteiger partial charge in [-0.25, -0.2) is 14.2 Å². The molecule has 0 aliphatic rings. The fourth-order valence-electron chi connectivity index (χ4n) is 2.10. The number of aromatic carboxylic acids is 1. The van der Waals surface area contributed by atoms with E-state index in [1.165, 1.54) is 6.20 Å². The van der Waals surface area contributed by atoms with E-state index in [4.69, 9.17) is 5.11 Å². The molecule has 0 aromatic carbocycles. The van der Waals surface area contributed by atoms with E-state index in [0.717, 1.165) is 6.07 Å². The summed E-state index contributed by atoms with van der Waals surface area (Å²) in [5.41, 5.74) is -0.508. The number of carbonyl (C=O) groups is 1. The molecular formula is C14H15FN2O3. The van der Waals surface area contributed by atoms with Gasteiger partial charge in [0.25, 0.3) is 0 Å². The van der Waals surface area contributed by atoms with Crippen molar-refractivity contribution in [3.05, 3.63) is 39.6 Å². The molecule has 2 heterocycles. The van der Waals surface area contributed by atoms with Gasteiger partial charge in [-0.3, -0.25) is 4.79 Å². The molecule has 0 saturated heterocycles. The minimum absolute atomic E-state index is 0.00588. The third-order valence-corrected chi connectivity index (χ3v) is 3.15. The van der Waals surface area contributed by atoms with Crippen LogP contribution in [0.4, 0.5) is 4.39 Å². The van der Waals surface area contributed by atoms with Crippen LogP contribution in [0.3, 0.4) is 0 Å². The second kappa shape index (κ2) is 5.03. The lowest BCUT2D eigenvalue weighted by molar-refractivity contribution is 0.0695. The Kier molecular flexibility index (Phi) is 3.57. The lowest BCUT2D eigenvalue weighted by Crippen LogP contribution is -2.20. The summed E-state index contributed by atoms with van der Waals surface area (Å²) in [5, 5.41) is 9.02. The molecule has 0 radical (unpaired) electrons. The summed E-state index contributed by atoms with van der Waals surface area (Å²) in [6.45, 7) is 5.84. The van der Waals surface area contributed by atoms with E-state index >= 15 is 0 Å². The highest BCUT2D eigenvalue weighted by Crippen LogP contribution is 2.20. The highest BCUT2D eigenvalue weighted by molar-refractivity contribution is 5.91. The fraction of sp³-hybridized carbons (Fsp3) is 0.357. The third-order valence-electron chi connectivity index (χ3n) is 3.15. The summed E-state index contributed by atoms with van der Waals surface area (Å²) >= 11 is 0. The zero-order chi connectivity index (χ0) is 15.0. The predicted molar refractivity (Wildman–Crippen MR) is 72.7 cm³/mol. The molecular weight excluding hydrogens is 263 g/mol. The predicted octanol–water partition coefficient (Wildman–Crippen LogP) is 2.38. The fourth-order valence-corrected chi connectivity index (χ4v) is 2.10. The lowest BCUT2D eigenvalue weighted by Gasteiger charge is -2.12. The normalized spacial score (nSPS) is 11.2. The second-order valence-electron chi connectivity index (χ2n) is 4.84. The monoisotopic (exact) mass is 278 g/mol. The minimum atomic E-state index is -1.33. The molecule has 0 bridgehead atoms. The van der Waals surface area contributed by atoms with Crippen LogP contribution in [-0.2, 0) is 6.54 Å². The summed E-state index contributed by atoms with van der Waals surface area (Å²) in [6, 6.07) is 1.08. The number of halogens is 1. The largest absolute Gasteiger partial charge is 0.477 e. The van der Waals surface area contributed by atoms with Gasteiger partial charge in [0.2, 0.25) is 5.43 Å². The first-order chi connectivity index (χ1) is 9.36. The highest BCUT2D eigenvalue weighted by Gasteiger charge is 2.18. The Morgan fingerprint density at radius 3 is 2.65 bits per heavy atom. The van der Waals surface area contributed by atoms with Crippen LogP contribution in [0.2, 0.25) is 0 Å². The van der Waals surface area contributed by atoms with Crippen molar-refractivity contribution in [2.24, 2.45) is 0 Å². The molecule has 0 amide bonds. The molecule has 106 valence electrons. The number of nitrogens with zero attached hydrogens (tertiary/aromatic N) is 2. The SMILES string of the molecule is CCn1cc(C(=O)O)c(=O)c2cc(F)c(C(C)C)nc21. The first kappa shape index (κ1) is 14.2. The minimum Gasteiger partial charge on any atom is -0.477 e. The topological polar surface area (TPSA) is 72.2 Å². The van der Waals surface area contributed by atoms with Crippen LogP contribution in [0.1, 0.15) is 42.7 Å². The van der Waals surface area contributed by atoms with Crippen LogP contribution < -0.4 is 5.43 Å². The number of aromatic nitrogens is 2. The average Bonchev–Trinajstić information content (AvgIpc) is 2.38. The van der Waals surface area contributed by atoms with Crippen molar-refractivity contribution in [1.82, 2.24) is 9.55 Å². The lowest BCUT2D eigenvalue weighted by atomic mass is 10.1. The standard InChI is InChI=1S/C14H15FN2O3/c1-4-17-6-9(14(19)20)12(18)8-5-10(15)11(7(2)3)16-13(8)17/h5-7H,4H2,1-3H3,(H,19,20). The maximum absolute atomic E-state index is 14.0. The molecule has 1 N–H and O–H groups in total. The zero-order valence-electron chi connectivity index (χ0n) is 11.5. The Labute approximate surface area is 114 Å². The zero-order valence-corrected chi connectivity index (χ0v) is 11.5. The molecule has 5 nitrogen and oxygen atoms in total. The maximum Gasteiger partial charge on any atom is 0.341 e. The molecule has 0 fully saturated rings. The van der Waals surface area contributed by atoms with Gasteiger partial charge in [0.15, 0.2) is 0 Å².